The molecule has 3 aliphatic rings. The SMILES string of the molecule is CCO[C@@H]1OC(C(=O)N2CCC(N3CCCCC3)CC2)=C[C@H](c2coc3ccccc23)[C@@H]1CCOCCOCCO. The second-order valence-electron chi connectivity index (χ2n) is 11.2. The van der Waals surface area contributed by atoms with Gasteiger partial charge in [-0.1, -0.05) is 24.6 Å². The Hall–Kier alpha value is -2.43. The third-order valence-electron chi connectivity index (χ3n) is 8.66. The summed E-state index contributed by atoms with van der Waals surface area (Å²) in [4.78, 5) is 18.4. The average molecular weight is 571 g/mol. The number of rotatable bonds is 13. The fourth-order valence-corrected chi connectivity index (χ4v) is 6.52. The van der Waals surface area contributed by atoms with Crippen molar-refractivity contribution < 1.29 is 33.3 Å². The van der Waals surface area contributed by atoms with Crippen LogP contribution in [0.15, 0.2) is 46.8 Å². The molecule has 9 nitrogen and oxygen atoms in total. The van der Waals surface area contributed by atoms with E-state index in [-0.39, 0.29) is 24.3 Å². The van der Waals surface area contributed by atoms with Crippen molar-refractivity contribution in [1.29, 1.82) is 0 Å². The molecule has 5 rings (SSSR count). The number of allylic oxidation sites excluding steroid dienone is 1. The number of aliphatic hydroxyl groups is 1. The minimum Gasteiger partial charge on any atom is -0.464 e. The fourth-order valence-electron chi connectivity index (χ4n) is 6.52. The van der Waals surface area contributed by atoms with E-state index >= 15 is 0 Å². The zero-order chi connectivity index (χ0) is 28.4. The number of hydrogen-bond donors (Lipinski definition) is 1. The first kappa shape index (κ1) is 30.0. The van der Waals surface area contributed by atoms with E-state index in [9.17, 15) is 4.79 Å². The number of carbonyl (C=O) groups excluding carboxylic acids is 1. The van der Waals surface area contributed by atoms with Crippen molar-refractivity contribution >= 4 is 16.9 Å². The number of amides is 1. The summed E-state index contributed by atoms with van der Waals surface area (Å²) in [6.07, 6.45) is 9.80. The number of piperidine rings is 2. The summed E-state index contributed by atoms with van der Waals surface area (Å²) in [5.74, 6) is 0.101. The van der Waals surface area contributed by atoms with Crippen molar-refractivity contribution in [1.82, 2.24) is 9.80 Å². The van der Waals surface area contributed by atoms with Crippen molar-refractivity contribution in [3.63, 3.8) is 0 Å². The zero-order valence-corrected chi connectivity index (χ0v) is 24.4. The molecule has 4 heterocycles. The van der Waals surface area contributed by atoms with Crippen LogP contribution in [0.3, 0.4) is 0 Å². The maximum Gasteiger partial charge on any atom is 0.288 e. The second-order valence-corrected chi connectivity index (χ2v) is 11.2. The van der Waals surface area contributed by atoms with Crippen molar-refractivity contribution in [3.05, 3.63) is 47.9 Å². The van der Waals surface area contributed by atoms with Gasteiger partial charge < -0.3 is 38.3 Å². The lowest BCUT2D eigenvalue weighted by Crippen LogP contribution is -2.49. The number of nitrogens with zero attached hydrogens (tertiary/aromatic N) is 2. The van der Waals surface area contributed by atoms with Crippen LogP contribution in [0.25, 0.3) is 11.0 Å². The molecule has 3 aliphatic heterocycles. The molecule has 2 aromatic rings. The van der Waals surface area contributed by atoms with Gasteiger partial charge in [0, 0.05) is 55.1 Å². The van der Waals surface area contributed by atoms with Gasteiger partial charge in [-0.05, 0) is 64.3 Å². The zero-order valence-electron chi connectivity index (χ0n) is 24.4. The molecule has 0 radical (unpaired) electrons. The largest absolute Gasteiger partial charge is 0.464 e. The Morgan fingerprint density at radius 2 is 1.76 bits per heavy atom. The van der Waals surface area contributed by atoms with E-state index in [1.54, 1.807) is 0 Å². The first-order chi connectivity index (χ1) is 20.2. The Balaban J connectivity index is 1.32. The number of likely N-dealkylation sites (tertiary alicyclic amines) is 2. The summed E-state index contributed by atoms with van der Waals surface area (Å²) in [6.45, 7) is 7.95. The summed E-state index contributed by atoms with van der Waals surface area (Å²) in [7, 11) is 0. The van der Waals surface area contributed by atoms with Crippen molar-refractivity contribution in [2.24, 2.45) is 5.92 Å². The quantitative estimate of drug-likeness (QED) is 0.357. The minimum atomic E-state index is -0.581. The number of benzene rings is 1. The van der Waals surface area contributed by atoms with E-state index in [1.165, 1.54) is 32.4 Å². The van der Waals surface area contributed by atoms with Crippen molar-refractivity contribution in [3.8, 4) is 0 Å². The van der Waals surface area contributed by atoms with E-state index in [0.29, 0.717) is 51.3 Å². The van der Waals surface area contributed by atoms with Crippen LogP contribution in [0, 0.1) is 5.92 Å². The number of carbonyl (C=O) groups is 1. The Morgan fingerprint density at radius 3 is 2.51 bits per heavy atom. The van der Waals surface area contributed by atoms with Gasteiger partial charge in [-0.25, -0.2) is 0 Å². The second kappa shape index (κ2) is 15.2. The molecule has 226 valence electrons. The molecule has 1 N–H and O–H groups in total. The van der Waals surface area contributed by atoms with Gasteiger partial charge in [0.05, 0.1) is 32.7 Å². The van der Waals surface area contributed by atoms with Crippen LogP contribution in [0.1, 0.15) is 56.9 Å². The first-order valence-electron chi connectivity index (χ1n) is 15.5. The lowest BCUT2D eigenvalue weighted by Gasteiger charge is -2.41. The van der Waals surface area contributed by atoms with Crippen LogP contribution in [0.5, 0.6) is 0 Å². The van der Waals surface area contributed by atoms with E-state index in [1.807, 2.05) is 42.4 Å². The molecule has 0 saturated carbocycles. The van der Waals surface area contributed by atoms with Crippen LogP contribution >= 0.6 is 0 Å². The minimum absolute atomic E-state index is 0.000368. The maximum atomic E-state index is 13.8. The summed E-state index contributed by atoms with van der Waals surface area (Å²) in [5.41, 5.74) is 1.85. The Labute approximate surface area is 243 Å². The first-order valence-corrected chi connectivity index (χ1v) is 15.5. The Kier molecular flexibility index (Phi) is 11.1. The number of ether oxygens (including phenoxy) is 4. The van der Waals surface area contributed by atoms with E-state index < -0.39 is 6.29 Å². The number of hydrogen-bond acceptors (Lipinski definition) is 8. The smallest absolute Gasteiger partial charge is 0.288 e. The van der Waals surface area contributed by atoms with E-state index in [2.05, 4.69) is 11.0 Å². The fraction of sp³-hybridized carbons (Fsp3) is 0.656. The maximum absolute atomic E-state index is 13.8. The van der Waals surface area contributed by atoms with Crippen LogP contribution in [-0.4, -0.2) is 99.0 Å². The molecular weight excluding hydrogens is 524 g/mol. The Bertz CT molecular complexity index is 1120. The number of fused-ring (bicyclic) bond motifs is 1. The molecule has 0 aliphatic carbocycles. The summed E-state index contributed by atoms with van der Waals surface area (Å²) in [5, 5.41) is 9.92. The van der Waals surface area contributed by atoms with Gasteiger partial charge in [0.15, 0.2) is 5.76 Å². The Morgan fingerprint density at radius 1 is 1.00 bits per heavy atom. The monoisotopic (exact) mass is 570 g/mol. The van der Waals surface area contributed by atoms with Gasteiger partial charge in [-0.15, -0.1) is 0 Å². The van der Waals surface area contributed by atoms with Gasteiger partial charge in [0.2, 0.25) is 6.29 Å². The molecule has 0 bridgehead atoms. The topological polar surface area (TPSA) is 93.8 Å². The highest BCUT2D eigenvalue weighted by atomic mass is 16.7. The highest BCUT2D eigenvalue weighted by molar-refractivity contribution is 5.92. The van der Waals surface area contributed by atoms with Crippen LogP contribution in [0.4, 0.5) is 0 Å². The molecule has 1 aromatic heterocycles. The van der Waals surface area contributed by atoms with Gasteiger partial charge in [0.1, 0.15) is 5.58 Å². The molecule has 2 saturated heterocycles. The van der Waals surface area contributed by atoms with Crippen LogP contribution in [-0.2, 0) is 23.7 Å². The standard InChI is InChI=1S/C32H46N2O7/c1-2-39-32-26(12-18-37-20-21-38-19-17-35)27(28-23-40-29-9-5-4-8-25(28)29)22-30(41-32)31(36)34-15-10-24(11-16-34)33-13-6-3-7-14-33/h4-5,8-9,22-24,26-27,32,35H,2-3,6-7,10-21H2,1H3/t26-,27-,32+/m0/s1. The summed E-state index contributed by atoms with van der Waals surface area (Å²) in [6, 6.07) is 8.57. The van der Waals surface area contributed by atoms with Crippen LogP contribution < -0.4 is 0 Å². The number of furan rings is 1. The molecule has 1 amide bonds. The van der Waals surface area contributed by atoms with Gasteiger partial charge >= 0.3 is 0 Å². The van der Waals surface area contributed by atoms with Gasteiger partial charge in [0.25, 0.3) is 5.91 Å². The predicted octanol–water partition coefficient (Wildman–Crippen LogP) is 4.30. The molecule has 3 atom stereocenters. The highest BCUT2D eigenvalue weighted by Crippen LogP contribution is 2.42. The molecule has 0 spiro atoms. The molecular formula is C32H46N2O7. The number of aliphatic hydroxyl groups excluding tert-OH is 1. The highest BCUT2D eigenvalue weighted by Gasteiger charge is 2.40. The van der Waals surface area contributed by atoms with E-state index in [4.69, 9.17) is 28.5 Å². The molecule has 2 fully saturated rings. The third kappa shape index (κ3) is 7.51. The average Bonchev–Trinajstić information content (AvgIpc) is 3.45. The van der Waals surface area contributed by atoms with Gasteiger partial charge in [-0.3, -0.25) is 4.79 Å². The van der Waals surface area contributed by atoms with E-state index in [0.717, 1.165) is 42.5 Å². The van der Waals surface area contributed by atoms with Crippen molar-refractivity contribution in [2.45, 2.75) is 63.7 Å². The summed E-state index contributed by atoms with van der Waals surface area (Å²) < 4.78 is 29.6. The molecule has 0 unspecified atom stereocenters. The number of para-hydroxylation sites is 1. The third-order valence-corrected chi connectivity index (χ3v) is 8.66. The normalized spacial score (nSPS) is 24.4. The van der Waals surface area contributed by atoms with Crippen molar-refractivity contribution in [2.75, 3.05) is 65.8 Å². The molecule has 1 aromatic carbocycles. The molecule has 9 heteroatoms. The van der Waals surface area contributed by atoms with Crippen LogP contribution in [0.2, 0.25) is 0 Å². The predicted molar refractivity (Wildman–Crippen MR) is 155 cm³/mol. The lowest BCUT2D eigenvalue weighted by atomic mass is 9.81. The summed E-state index contributed by atoms with van der Waals surface area (Å²) >= 11 is 0. The molecule has 41 heavy (non-hydrogen) atoms. The van der Waals surface area contributed by atoms with Gasteiger partial charge in [-0.2, -0.15) is 0 Å². The lowest BCUT2D eigenvalue weighted by molar-refractivity contribution is -0.172.